The van der Waals surface area contributed by atoms with Gasteiger partial charge in [0.05, 0.1) is 12.0 Å². The van der Waals surface area contributed by atoms with Crippen molar-refractivity contribution in [3.05, 3.63) is 29.8 Å². The molecule has 4 nitrogen and oxygen atoms in total. The number of hydrogen-bond donors (Lipinski definition) is 2. The normalized spacial score (nSPS) is 11.1. The fourth-order valence-corrected chi connectivity index (χ4v) is 1.37. The summed E-state index contributed by atoms with van der Waals surface area (Å²) in [5, 5.41) is 2.81. The molecule has 0 aliphatic carbocycles. The third-order valence-corrected chi connectivity index (χ3v) is 2.77. The van der Waals surface area contributed by atoms with E-state index in [9.17, 15) is 4.79 Å². The van der Waals surface area contributed by atoms with Crippen molar-refractivity contribution in [1.29, 1.82) is 0 Å². The highest BCUT2D eigenvalue weighted by atomic mass is 16.5. The Labute approximate surface area is 109 Å². The van der Waals surface area contributed by atoms with Crippen molar-refractivity contribution in [2.24, 2.45) is 11.1 Å². The van der Waals surface area contributed by atoms with Crippen LogP contribution in [-0.4, -0.2) is 25.6 Å². The molecule has 1 aromatic rings. The number of nitrogens with one attached hydrogen (secondary N) is 1. The van der Waals surface area contributed by atoms with Crippen molar-refractivity contribution in [2.45, 2.75) is 20.8 Å². The minimum absolute atomic E-state index is 0.0437. The Morgan fingerprint density at radius 3 is 2.78 bits per heavy atom. The SMILES string of the molecule is Cc1cccc(OCCNC(=O)C(C)(C)CN)c1. The zero-order chi connectivity index (χ0) is 13.6. The Balaban J connectivity index is 2.29. The van der Waals surface area contributed by atoms with E-state index in [4.69, 9.17) is 10.5 Å². The molecule has 0 bridgehead atoms. The molecule has 0 saturated carbocycles. The molecule has 0 atom stereocenters. The van der Waals surface area contributed by atoms with Gasteiger partial charge in [0.2, 0.25) is 5.91 Å². The molecule has 0 heterocycles. The van der Waals surface area contributed by atoms with Crippen LogP contribution in [0.1, 0.15) is 19.4 Å². The highest BCUT2D eigenvalue weighted by molar-refractivity contribution is 5.81. The minimum atomic E-state index is -0.524. The van der Waals surface area contributed by atoms with E-state index < -0.39 is 5.41 Å². The van der Waals surface area contributed by atoms with Crippen LogP contribution in [0, 0.1) is 12.3 Å². The first kappa shape index (κ1) is 14.5. The average Bonchev–Trinajstić information content (AvgIpc) is 2.34. The number of carbonyl (C=O) groups is 1. The molecule has 0 aromatic heterocycles. The van der Waals surface area contributed by atoms with Gasteiger partial charge in [-0.2, -0.15) is 0 Å². The van der Waals surface area contributed by atoms with Gasteiger partial charge in [0.1, 0.15) is 12.4 Å². The molecule has 1 rings (SSSR count). The lowest BCUT2D eigenvalue weighted by atomic mass is 9.93. The molecule has 1 amide bonds. The Bertz CT molecular complexity index is 403. The number of carbonyl (C=O) groups excluding carboxylic acids is 1. The number of rotatable bonds is 6. The predicted molar refractivity (Wildman–Crippen MR) is 72.5 cm³/mol. The van der Waals surface area contributed by atoms with Crippen molar-refractivity contribution in [1.82, 2.24) is 5.32 Å². The van der Waals surface area contributed by atoms with Crippen molar-refractivity contribution in [3.8, 4) is 5.75 Å². The van der Waals surface area contributed by atoms with E-state index in [-0.39, 0.29) is 5.91 Å². The second kappa shape index (κ2) is 6.40. The molecule has 0 aliphatic rings. The third kappa shape index (κ3) is 4.37. The summed E-state index contributed by atoms with van der Waals surface area (Å²) in [5.74, 6) is 0.778. The standard InChI is InChI=1S/C14H22N2O2/c1-11-5-4-6-12(9-11)18-8-7-16-13(17)14(2,3)10-15/h4-6,9H,7-8,10,15H2,1-3H3,(H,16,17). The molecule has 0 radical (unpaired) electrons. The quantitative estimate of drug-likeness (QED) is 0.752. The van der Waals surface area contributed by atoms with Gasteiger partial charge >= 0.3 is 0 Å². The zero-order valence-electron chi connectivity index (χ0n) is 11.3. The van der Waals surface area contributed by atoms with Gasteiger partial charge in [-0.05, 0) is 38.5 Å². The van der Waals surface area contributed by atoms with Crippen LogP contribution in [0.5, 0.6) is 5.75 Å². The number of benzene rings is 1. The van der Waals surface area contributed by atoms with Crippen LogP contribution in [0.25, 0.3) is 0 Å². The number of amides is 1. The lowest BCUT2D eigenvalue weighted by Crippen LogP contribution is -2.43. The fraction of sp³-hybridized carbons (Fsp3) is 0.500. The summed E-state index contributed by atoms with van der Waals surface area (Å²) in [4.78, 5) is 11.7. The lowest BCUT2D eigenvalue weighted by Gasteiger charge is -2.21. The molecular weight excluding hydrogens is 228 g/mol. The van der Waals surface area contributed by atoms with Crippen LogP contribution in [-0.2, 0) is 4.79 Å². The number of nitrogens with two attached hydrogens (primary N) is 1. The van der Waals surface area contributed by atoms with Gasteiger partial charge < -0.3 is 15.8 Å². The summed E-state index contributed by atoms with van der Waals surface area (Å²) in [6.07, 6.45) is 0. The van der Waals surface area contributed by atoms with Gasteiger partial charge in [0.25, 0.3) is 0 Å². The van der Waals surface area contributed by atoms with E-state index in [1.165, 1.54) is 0 Å². The van der Waals surface area contributed by atoms with Crippen LogP contribution in [0.4, 0.5) is 0 Å². The fourth-order valence-electron chi connectivity index (χ4n) is 1.37. The Morgan fingerprint density at radius 2 is 2.17 bits per heavy atom. The predicted octanol–water partition coefficient (Wildman–Crippen LogP) is 1.47. The lowest BCUT2D eigenvalue weighted by molar-refractivity contribution is -0.128. The van der Waals surface area contributed by atoms with Gasteiger partial charge in [0.15, 0.2) is 0 Å². The van der Waals surface area contributed by atoms with Gasteiger partial charge in [-0.15, -0.1) is 0 Å². The molecule has 4 heteroatoms. The Morgan fingerprint density at radius 1 is 1.44 bits per heavy atom. The van der Waals surface area contributed by atoms with E-state index >= 15 is 0 Å². The molecule has 0 unspecified atom stereocenters. The van der Waals surface area contributed by atoms with E-state index in [0.29, 0.717) is 19.7 Å². The first-order valence-corrected chi connectivity index (χ1v) is 6.13. The second-order valence-corrected chi connectivity index (χ2v) is 5.01. The molecule has 100 valence electrons. The maximum atomic E-state index is 11.7. The number of hydrogen-bond acceptors (Lipinski definition) is 3. The minimum Gasteiger partial charge on any atom is -0.492 e. The van der Waals surface area contributed by atoms with Gasteiger partial charge in [-0.3, -0.25) is 4.79 Å². The molecule has 0 aliphatic heterocycles. The maximum Gasteiger partial charge on any atom is 0.227 e. The van der Waals surface area contributed by atoms with Crippen LogP contribution in [0.15, 0.2) is 24.3 Å². The van der Waals surface area contributed by atoms with Crippen LogP contribution in [0.2, 0.25) is 0 Å². The number of aryl methyl sites for hydroxylation is 1. The first-order chi connectivity index (χ1) is 8.45. The monoisotopic (exact) mass is 250 g/mol. The zero-order valence-corrected chi connectivity index (χ0v) is 11.3. The van der Waals surface area contributed by atoms with E-state index in [1.807, 2.05) is 45.0 Å². The molecule has 3 N–H and O–H groups in total. The molecular formula is C14H22N2O2. The summed E-state index contributed by atoms with van der Waals surface area (Å²) in [6, 6.07) is 7.82. The van der Waals surface area contributed by atoms with Crippen LogP contribution >= 0.6 is 0 Å². The topological polar surface area (TPSA) is 64.3 Å². The van der Waals surface area contributed by atoms with Gasteiger partial charge in [-0.25, -0.2) is 0 Å². The largest absolute Gasteiger partial charge is 0.492 e. The molecule has 0 saturated heterocycles. The first-order valence-electron chi connectivity index (χ1n) is 6.13. The Hall–Kier alpha value is -1.55. The van der Waals surface area contributed by atoms with E-state index in [0.717, 1.165) is 11.3 Å². The summed E-state index contributed by atoms with van der Waals surface area (Å²) < 4.78 is 5.54. The van der Waals surface area contributed by atoms with Crippen molar-refractivity contribution < 1.29 is 9.53 Å². The van der Waals surface area contributed by atoms with Crippen molar-refractivity contribution in [2.75, 3.05) is 19.7 Å². The number of ether oxygens (including phenoxy) is 1. The smallest absolute Gasteiger partial charge is 0.227 e. The third-order valence-electron chi connectivity index (χ3n) is 2.77. The molecule has 18 heavy (non-hydrogen) atoms. The van der Waals surface area contributed by atoms with Crippen LogP contribution in [0.3, 0.4) is 0 Å². The summed E-state index contributed by atoms with van der Waals surface area (Å²) in [6.45, 7) is 6.93. The molecule has 0 spiro atoms. The summed E-state index contributed by atoms with van der Waals surface area (Å²) in [7, 11) is 0. The van der Waals surface area contributed by atoms with Crippen molar-refractivity contribution >= 4 is 5.91 Å². The molecule has 1 aromatic carbocycles. The Kier molecular flexibility index (Phi) is 5.16. The van der Waals surface area contributed by atoms with Crippen LogP contribution < -0.4 is 15.8 Å². The van der Waals surface area contributed by atoms with Crippen molar-refractivity contribution in [3.63, 3.8) is 0 Å². The average molecular weight is 250 g/mol. The van der Waals surface area contributed by atoms with E-state index in [1.54, 1.807) is 0 Å². The maximum absolute atomic E-state index is 11.7. The highest BCUT2D eigenvalue weighted by Gasteiger charge is 2.24. The van der Waals surface area contributed by atoms with Gasteiger partial charge in [0, 0.05) is 6.54 Å². The highest BCUT2D eigenvalue weighted by Crippen LogP contribution is 2.13. The summed E-state index contributed by atoms with van der Waals surface area (Å²) >= 11 is 0. The molecule has 0 fully saturated rings. The van der Waals surface area contributed by atoms with E-state index in [2.05, 4.69) is 5.32 Å². The summed E-state index contributed by atoms with van der Waals surface area (Å²) in [5.41, 5.74) is 6.16. The van der Waals surface area contributed by atoms with Gasteiger partial charge in [-0.1, -0.05) is 12.1 Å². The second-order valence-electron chi connectivity index (χ2n) is 5.01.